The molecule has 7 N–H and O–H groups in total. The zero-order valence-electron chi connectivity index (χ0n) is 31.1. The number of phenolic OH excluding ortho intramolecular Hbond substituents is 1. The standard InChI is InChI=1S/C41H44N6O8/c1-22-12-30(49)37-32(52-22)18-31-27(38(37)50)17-34(40(2,3)54-31)53-39(51)41(9-4-5-11-48)33(55-41)7-6-23-13-28(46-35(42)14-23)25-15-26(45-36(43)16-25)20-47-19-24-8-10-44-29(24)21-47/h8,10,12-16,18-19,33-34,48,50H,4-7,9,11,17,20-21H2,1-3H3,(H2,42,46)(H2,43,45)/p+1/t33-,34-,41+/m1/s1. The van der Waals surface area contributed by atoms with E-state index < -0.39 is 29.4 Å². The Bertz CT molecular complexity index is 2370. The molecule has 0 spiro atoms. The van der Waals surface area contributed by atoms with Crippen LogP contribution >= 0.6 is 0 Å². The van der Waals surface area contributed by atoms with Gasteiger partial charge in [-0.1, -0.05) is 0 Å². The number of nitrogen functional groups attached to an aromatic ring is 2. The van der Waals surface area contributed by atoms with Crippen LogP contribution in [-0.2, 0) is 33.7 Å². The molecule has 55 heavy (non-hydrogen) atoms. The Morgan fingerprint density at radius 2 is 1.91 bits per heavy atom. The quantitative estimate of drug-likeness (QED) is 0.0803. The van der Waals surface area contributed by atoms with Crippen molar-refractivity contribution in [1.82, 2.24) is 9.97 Å². The van der Waals surface area contributed by atoms with Crippen LogP contribution in [-0.4, -0.2) is 68.4 Å². The Hall–Kier alpha value is -5.57. The van der Waals surface area contributed by atoms with Crippen molar-refractivity contribution in [2.45, 2.75) is 89.3 Å². The van der Waals surface area contributed by atoms with Gasteiger partial charge in [-0.25, -0.2) is 14.8 Å². The largest absolute Gasteiger partial charge is 0.507 e. The molecule has 1 aromatic carbocycles. The van der Waals surface area contributed by atoms with E-state index in [9.17, 15) is 19.8 Å². The number of hydrogen-bond acceptors (Lipinski definition) is 13. The van der Waals surface area contributed by atoms with Crippen LogP contribution in [0.4, 0.5) is 11.6 Å². The van der Waals surface area contributed by atoms with Crippen molar-refractivity contribution >= 4 is 34.3 Å². The van der Waals surface area contributed by atoms with Gasteiger partial charge in [-0.3, -0.25) is 14.7 Å². The summed E-state index contributed by atoms with van der Waals surface area (Å²) in [7, 11) is 0. The van der Waals surface area contributed by atoms with Gasteiger partial charge in [-0.2, -0.15) is 0 Å². The minimum absolute atomic E-state index is 0.0131. The van der Waals surface area contributed by atoms with Crippen molar-refractivity contribution in [2.24, 2.45) is 4.99 Å². The number of aryl methyl sites for hydroxylation is 2. The van der Waals surface area contributed by atoms with Gasteiger partial charge in [0.1, 0.15) is 76.6 Å². The van der Waals surface area contributed by atoms with Gasteiger partial charge in [-0.05, 0) is 88.8 Å². The van der Waals surface area contributed by atoms with Crippen LogP contribution < -0.4 is 26.5 Å². The number of esters is 1. The molecule has 0 saturated carbocycles. The van der Waals surface area contributed by atoms with Gasteiger partial charge in [0.15, 0.2) is 11.0 Å². The molecule has 0 amide bonds. The van der Waals surface area contributed by atoms with E-state index in [4.69, 9.17) is 30.1 Å². The topological polar surface area (TPSA) is 213 Å². The second-order valence-corrected chi connectivity index (χ2v) is 15.4. The Balaban J connectivity index is 0.976. The smallest absolute Gasteiger partial charge is 0.341 e. The second-order valence-electron chi connectivity index (χ2n) is 15.4. The van der Waals surface area contributed by atoms with E-state index in [1.165, 1.54) is 11.0 Å². The molecule has 8 rings (SSSR count). The number of aromatic nitrogens is 2. The summed E-state index contributed by atoms with van der Waals surface area (Å²) in [6.45, 7) is 6.68. The molecule has 1 unspecified atom stereocenters. The molecule has 7 heterocycles. The summed E-state index contributed by atoms with van der Waals surface area (Å²) in [5.41, 5.74) is 16.0. The van der Waals surface area contributed by atoms with E-state index in [-0.39, 0.29) is 35.2 Å². The first kappa shape index (κ1) is 36.4. The number of epoxide rings is 1. The number of aromatic hydroxyl groups is 1. The van der Waals surface area contributed by atoms with Crippen LogP contribution in [0.1, 0.15) is 62.1 Å². The summed E-state index contributed by atoms with van der Waals surface area (Å²) in [5.74, 6) is 0.723. The van der Waals surface area contributed by atoms with Crippen LogP contribution in [0.3, 0.4) is 0 Å². The monoisotopic (exact) mass is 749 g/mol. The Morgan fingerprint density at radius 1 is 1.09 bits per heavy atom. The van der Waals surface area contributed by atoms with E-state index in [1.807, 2.05) is 30.5 Å². The highest BCUT2D eigenvalue weighted by Crippen LogP contribution is 2.47. The zero-order valence-corrected chi connectivity index (χ0v) is 31.1. The lowest BCUT2D eigenvalue weighted by atomic mass is 9.89. The number of rotatable bonds is 12. The average Bonchev–Trinajstić information content (AvgIpc) is 3.43. The van der Waals surface area contributed by atoms with Gasteiger partial charge in [0.25, 0.3) is 0 Å². The number of allylic oxidation sites excluding steroid dienone is 1. The molecule has 0 bridgehead atoms. The number of hydrogen-bond donors (Lipinski definition) is 5. The number of fused-ring (bicyclic) bond motifs is 3. The molecule has 1 saturated heterocycles. The van der Waals surface area contributed by atoms with E-state index in [0.717, 1.165) is 34.7 Å². The number of quaternary nitrogens is 1. The van der Waals surface area contributed by atoms with Gasteiger partial charge >= 0.3 is 5.97 Å². The summed E-state index contributed by atoms with van der Waals surface area (Å²) in [5, 5.41) is 20.8. The van der Waals surface area contributed by atoms with Gasteiger partial charge in [-0.15, -0.1) is 0 Å². The maximum absolute atomic E-state index is 14.1. The van der Waals surface area contributed by atoms with Crippen LogP contribution in [0.5, 0.6) is 11.5 Å². The average molecular weight is 750 g/mol. The van der Waals surface area contributed by atoms with Crippen LogP contribution in [0, 0.1) is 6.92 Å². The lowest BCUT2D eigenvalue weighted by Gasteiger charge is -2.39. The molecule has 4 aliphatic heterocycles. The highest BCUT2D eigenvalue weighted by molar-refractivity contribution is 6.06. The fraction of sp³-hybridized carbons (Fsp3) is 0.390. The van der Waals surface area contributed by atoms with Crippen molar-refractivity contribution in [1.29, 1.82) is 0 Å². The predicted molar refractivity (Wildman–Crippen MR) is 205 cm³/mol. The molecule has 14 heteroatoms. The first-order valence-corrected chi connectivity index (χ1v) is 18.6. The van der Waals surface area contributed by atoms with Crippen molar-refractivity contribution < 1.29 is 38.5 Å². The number of nitrogens with one attached hydrogen (secondary N) is 1. The summed E-state index contributed by atoms with van der Waals surface area (Å²) < 4.78 is 24.4. The molecule has 14 nitrogen and oxygen atoms in total. The maximum atomic E-state index is 14.1. The molecule has 4 aliphatic rings. The van der Waals surface area contributed by atoms with E-state index in [2.05, 4.69) is 21.2 Å². The number of unbranched alkanes of at least 4 members (excludes halogenated alkanes) is 1. The van der Waals surface area contributed by atoms with Crippen LogP contribution in [0.2, 0.25) is 0 Å². The lowest BCUT2D eigenvalue weighted by molar-refractivity contribution is -0.848. The van der Waals surface area contributed by atoms with Gasteiger partial charge in [0.2, 0.25) is 0 Å². The van der Waals surface area contributed by atoms with Crippen molar-refractivity contribution in [3.8, 4) is 22.8 Å². The second kappa shape index (κ2) is 13.9. The number of phenols is 1. The first-order chi connectivity index (χ1) is 26.3. The normalized spacial score (nSPS) is 23.2. The number of aliphatic hydroxyl groups is 1. The van der Waals surface area contributed by atoms with Crippen molar-refractivity contribution in [2.75, 3.05) is 24.6 Å². The third kappa shape index (κ3) is 7.08. The molecule has 4 atom stereocenters. The van der Waals surface area contributed by atoms with Crippen molar-refractivity contribution in [3.05, 3.63) is 93.3 Å². The molecule has 286 valence electrons. The third-order valence-corrected chi connectivity index (χ3v) is 10.9. The minimum atomic E-state index is -1.21. The Morgan fingerprint density at radius 3 is 2.71 bits per heavy atom. The number of ether oxygens (including phenoxy) is 3. The number of nitrogens with two attached hydrogens (primary N) is 2. The summed E-state index contributed by atoms with van der Waals surface area (Å²) in [6, 6.07) is 10.5. The summed E-state index contributed by atoms with van der Waals surface area (Å²) in [6.07, 6.45) is 7.32. The van der Waals surface area contributed by atoms with Gasteiger partial charge < -0.3 is 40.3 Å². The van der Waals surface area contributed by atoms with E-state index in [0.29, 0.717) is 73.1 Å². The molecule has 3 aromatic heterocycles. The lowest BCUT2D eigenvalue weighted by Crippen LogP contribution is -3.05. The highest BCUT2D eigenvalue weighted by Gasteiger charge is 2.63. The fourth-order valence-electron chi connectivity index (χ4n) is 7.97. The number of carbonyl (C=O) groups is 1. The number of aliphatic hydroxyl groups excluding tert-OH is 1. The Labute approximate surface area is 317 Å². The molecular formula is C41H45N6O8+. The van der Waals surface area contributed by atoms with Gasteiger partial charge in [0, 0.05) is 42.5 Å². The molecule has 4 aromatic rings. The maximum Gasteiger partial charge on any atom is 0.341 e. The number of anilines is 2. The molecule has 0 aliphatic carbocycles. The van der Waals surface area contributed by atoms with Crippen molar-refractivity contribution in [3.63, 3.8) is 0 Å². The molecule has 1 fully saturated rings. The number of benzene rings is 1. The van der Waals surface area contributed by atoms with Crippen LogP contribution in [0.15, 0.2) is 74.7 Å². The summed E-state index contributed by atoms with van der Waals surface area (Å²) in [4.78, 5) is 41.7. The summed E-state index contributed by atoms with van der Waals surface area (Å²) >= 11 is 0. The van der Waals surface area contributed by atoms with E-state index in [1.54, 1.807) is 32.9 Å². The SMILES string of the molecule is Cc1cc(=O)c2c(O)c3c(cc2o1)OC(C)(C)[C@H](OC(=O)[C@@]1(CCCCO)O[C@@H]1CCc1cc(N)nc(-c2cc(N)nc(C[NH+]4C=C5C=CN=C5C4)c2)c1)C3. The Kier molecular flexibility index (Phi) is 9.22. The number of aliphatic imine (C=N–C) groups is 1. The number of carbonyl (C=O) groups excluding carboxylic acids is 1. The predicted octanol–water partition coefficient (Wildman–Crippen LogP) is 3.24. The number of nitrogens with zero attached hydrogens (tertiary/aromatic N) is 3. The van der Waals surface area contributed by atoms with E-state index >= 15 is 0 Å². The molecule has 0 radical (unpaired) electrons. The molecular weight excluding hydrogens is 704 g/mol. The first-order valence-electron chi connectivity index (χ1n) is 18.6. The van der Waals surface area contributed by atoms with Gasteiger partial charge in [0.05, 0.1) is 23.1 Å². The fourth-order valence-corrected chi connectivity index (χ4v) is 7.97. The highest BCUT2D eigenvalue weighted by atomic mass is 16.7. The zero-order chi connectivity index (χ0) is 38.6. The number of pyridine rings is 2. The third-order valence-electron chi connectivity index (χ3n) is 10.9. The van der Waals surface area contributed by atoms with Crippen LogP contribution in [0.25, 0.3) is 22.2 Å². The minimum Gasteiger partial charge on any atom is -0.507 e.